The molecule has 9 nitrogen and oxygen atoms in total. The minimum absolute atomic E-state index is 0.165. The highest BCUT2D eigenvalue weighted by atomic mass is 32.1. The predicted molar refractivity (Wildman–Crippen MR) is 173 cm³/mol. The average Bonchev–Trinajstić information content (AvgIpc) is 3.75. The van der Waals surface area contributed by atoms with Crippen molar-refractivity contribution in [3.8, 4) is 11.5 Å². The molecule has 2 aliphatic heterocycles. The molecule has 0 bridgehead atoms. The largest absolute Gasteiger partial charge is 0.493 e. The summed E-state index contributed by atoms with van der Waals surface area (Å²) in [6, 6.07) is 16.2. The summed E-state index contributed by atoms with van der Waals surface area (Å²) in [6.07, 6.45) is 4.25. The summed E-state index contributed by atoms with van der Waals surface area (Å²) in [7, 11) is 3.10. The molecule has 1 fully saturated rings. The average molecular weight is 628 g/mol. The molecule has 0 amide bonds. The highest BCUT2D eigenvalue weighted by Crippen LogP contribution is 2.42. The van der Waals surface area contributed by atoms with Crippen LogP contribution in [0.4, 0.5) is 0 Å². The number of ether oxygens (including phenoxy) is 4. The molecule has 0 radical (unpaired) electrons. The first-order chi connectivity index (χ1) is 21.9. The molecule has 10 heteroatoms. The number of aryl methyl sites for hydroxylation is 1. The summed E-state index contributed by atoms with van der Waals surface area (Å²) >= 11 is 1.30. The Balaban J connectivity index is 1.60. The van der Waals surface area contributed by atoms with E-state index in [9.17, 15) is 9.59 Å². The third-order valence-corrected chi connectivity index (χ3v) is 9.39. The van der Waals surface area contributed by atoms with Crippen LogP contribution in [-0.2, 0) is 20.8 Å². The SMILES string of the molecule is CCOC(=O)C1=C(c2ccccc2)N=c2s/c(=C\c3cc(C)n(C[C@H]4CCCO4)c3C)c(=O)n2[C@H]1c1cccc(OC)c1OC. The van der Waals surface area contributed by atoms with Gasteiger partial charge in [0.25, 0.3) is 5.56 Å². The minimum Gasteiger partial charge on any atom is -0.493 e. The lowest BCUT2D eigenvalue weighted by Gasteiger charge is -2.27. The number of thiazole rings is 1. The lowest BCUT2D eigenvalue weighted by Crippen LogP contribution is -2.40. The molecule has 0 saturated carbocycles. The van der Waals surface area contributed by atoms with Gasteiger partial charge in [-0.1, -0.05) is 53.8 Å². The van der Waals surface area contributed by atoms with Gasteiger partial charge in [0.05, 0.1) is 42.7 Å². The van der Waals surface area contributed by atoms with Crippen LogP contribution in [-0.4, -0.2) is 48.6 Å². The Morgan fingerprint density at radius 2 is 1.91 bits per heavy atom. The van der Waals surface area contributed by atoms with E-state index in [1.165, 1.54) is 11.3 Å². The number of rotatable bonds is 9. The number of fused-ring (bicyclic) bond motifs is 1. The molecule has 4 aromatic rings. The molecule has 2 aromatic carbocycles. The van der Waals surface area contributed by atoms with E-state index in [0.717, 1.165) is 48.5 Å². The summed E-state index contributed by atoms with van der Waals surface area (Å²) in [5, 5.41) is 0. The zero-order valence-corrected chi connectivity index (χ0v) is 27.0. The zero-order valence-electron chi connectivity index (χ0n) is 26.2. The maximum absolute atomic E-state index is 14.4. The number of methoxy groups -OCH3 is 2. The Labute approximate surface area is 265 Å². The van der Waals surface area contributed by atoms with E-state index in [0.29, 0.717) is 32.1 Å². The molecule has 0 aliphatic carbocycles. The van der Waals surface area contributed by atoms with Crippen LogP contribution in [0.15, 0.2) is 70.0 Å². The fourth-order valence-corrected chi connectivity index (χ4v) is 7.24. The van der Waals surface area contributed by atoms with Gasteiger partial charge in [-0.15, -0.1) is 0 Å². The number of hydrogen-bond acceptors (Lipinski definition) is 8. The number of benzene rings is 2. The van der Waals surface area contributed by atoms with Crippen LogP contribution < -0.4 is 24.4 Å². The maximum Gasteiger partial charge on any atom is 0.338 e. The summed E-state index contributed by atoms with van der Waals surface area (Å²) in [5.74, 6) is 0.354. The predicted octanol–water partition coefficient (Wildman–Crippen LogP) is 4.55. The third-order valence-electron chi connectivity index (χ3n) is 8.41. The van der Waals surface area contributed by atoms with Gasteiger partial charge in [-0.3, -0.25) is 9.36 Å². The van der Waals surface area contributed by atoms with Gasteiger partial charge in [0, 0.05) is 35.7 Å². The van der Waals surface area contributed by atoms with Crippen LogP contribution in [0.1, 0.15) is 53.9 Å². The van der Waals surface area contributed by atoms with Gasteiger partial charge in [0.2, 0.25) is 0 Å². The molecule has 2 aliphatic rings. The fourth-order valence-electron chi connectivity index (χ4n) is 6.25. The van der Waals surface area contributed by atoms with E-state index in [-0.39, 0.29) is 23.8 Å². The van der Waals surface area contributed by atoms with E-state index in [4.69, 9.17) is 23.9 Å². The van der Waals surface area contributed by atoms with Gasteiger partial charge < -0.3 is 23.5 Å². The van der Waals surface area contributed by atoms with Crippen LogP contribution in [0.25, 0.3) is 11.8 Å². The van der Waals surface area contributed by atoms with Crippen molar-refractivity contribution in [3.63, 3.8) is 0 Å². The first-order valence-electron chi connectivity index (χ1n) is 15.1. The molecule has 0 unspecified atom stereocenters. The van der Waals surface area contributed by atoms with Gasteiger partial charge in [-0.2, -0.15) is 0 Å². The molecular weight excluding hydrogens is 590 g/mol. The zero-order chi connectivity index (χ0) is 31.7. The van der Waals surface area contributed by atoms with E-state index in [1.54, 1.807) is 31.8 Å². The van der Waals surface area contributed by atoms with Crippen molar-refractivity contribution in [3.05, 3.63) is 108 Å². The van der Waals surface area contributed by atoms with E-state index >= 15 is 0 Å². The summed E-state index contributed by atoms with van der Waals surface area (Å²) in [6.45, 7) is 7.65. The van der Waals surface area contributed by atoms with Crippen molar-refractivity contribution >= 4 is 29.1 Å². The van der Waals surface area contributed by atoms with E-state index < -0.39 is 12.0 Å². The fraction of sp³-hybridized carbons (Fsp3) is 0.343. The molecule has 2 atom stereocenters. The van der Waals surface area contributed by atoms with Crippen LogP contribution in [0, 0.1) is 13.8 Å². The van der Waals surface area contributed by atoms with Gasteiger partial charge in [0.15, 0.2) is 16.3 Å². The van der Waals surface area contributed by atoms with Gasteiger partial charge in [-0.25, -0.2) is 9.79 Å². The first-order valence-corrected chi connectivity index (χ1v) is 16.0. The summed E-state index contributed by atoms with van der Waals surface area (Å²) < 4.78 is 27.3. The number of para-hydroxylation sites is 1. The summed E-state index contributed by atoms with van der Waals surface area (Å²) in [5.41, 5.74) is 4.91. The van der Waals surface area contributed by atoms with E-state index in [2.05, 4.69) is 24.5 Å². The molecule has 234 valence electrons. The number of hydrogen-bond donors (Lipinski definition) is 0. The van der Waals surface area contributed by atoms with Crippen molar-refractivity contribution in [1.82, 2.24) is 9.13 Å². The Hall–Kier alpha value is -4.41. The highest BCUT2D eigenvalue weighted by molar-refractivity contribution is 7.07. The number of carbonyl (C=O) groups is 1. The summed E-state index contributed by atoms with van der Waals surface area (Å²) in [4.78, 5) is 33.7. The number of nitrogens with zero attached hydrogens (tertiary/aromatic N) is 3. The lowest BCUT2D eigenvalue weighted by atomic mass is 9.92. The monoisotopic (exact) mass is 627 g/mol. The maximum atomic E-state index is 14.4. The normalized spacial score (nSPS) is 18.1. The van der Waals surface area contributed by atoms with Crippen LogP contribution in [0.3, 0.4) is 0 Å². The Morgan fingerprint density at radius 1 is 1.11 bits per heavy atom. The van der Waals surface area contributed by atoms with Crippen molar-refractivity contribution in [2.45, 2.75) is 52.3 Å². The smallest absolute Gasteiger partial charge is 0.338 e. The standard InChI is InChI=1S/C35H37N3O6S/c1-6-43-34(40)29-30(23-12-8-7-9-13-23)36-35-38(31(29)26-15-10-16-27(41-4)32(26)42-5)33(39)28(45-35)19-24-18-21(2)37(22(24)3)20-25-14-11-17-44-25/h7-10,12-13,15-16,18-19,25,31H,6,11,14,17,20H2,1-5H3/b28-19-/t25-,31+/m1/s1. The van der Waals surface area contributed by atoms with Crippen molar-refractivity contribution in [1.29, 1.82) is 0 Å². The second-order valence-electron chi connectivity index (χ2n) is 11.1. The first kappa shape index (κ1) is 30.6. The second kappa shape index (κ2) is 12.9. The van der Waals surface area contributed by atoms with Crippen molar-refractivity contribution in [2.75, 3.05) is 27.4 Å². The molecule has 6 rings (SSSR count). The number of aromatic nitrogens is 2. The number of esters is 1. The molecule has 0 N–H and O–H groups in total. The molecular formula is C35H37N3O6S. The Morgan fingerprint density at radius 3 is 2.60 bits per heavy atom. The minimum atomic E-state index is -0.880. The second-order valence-corrected chi connectivity index (χ2v) is 12.1. The molecule has 1 saturated heterocycles. The molecule has 45 heavy (non-hydrogen) atoms. The highest BCUT2D eigenvalue weighted by Gasteiger charge is 2.37. The van der Waals surface area contributed by atoms with Gasteiger partial charge in [0.1, 0.15) is 6.04 Å². The van der Waals surface area contributed by atoms with Crippen LogP contribution in [0.2, 0.25) is 0 Å². The van der Waals surface area contributed by atoms with E-state index in [1.807, 2.05) is 48.5 Å². The van der Waals surface area contributed by atoms with Crippen LogP contribution in [0.5, 0.6) is 11.5 Å². The van der Waals surface area contributed by atoms with Crippen molar-refractivity contribution < 1.29 is 23.7 Å². The van der Waals surface area contributed by atoms with Gasteiger partial charge >= 0.3 is 5.97 Å². The molecule has 2 aromatic heterocycles. The Bertz CT molecular complexity index is 1950. The Kier molecular flexibility index (Phi) is 8.78. The van der Waals surface area contributed by atoms with Crippen molar-refractivity contribution in [2.24, 2.45) is 4.99 Å². The third kappa shape index (κ3) is 5.64. The quantitative estimate of drug-likeness (QED) is 0.253. The lowest BCUT2D eigenvalue weighted by molar-refractivity contribution is -0.138. The van der Waals surface area contributed by atoms with Crippen LogP contribution >= 0.6 is 11.3 Å². The molecule has 4 heterocycles. The number of carbonyl (C=O) groups excluding carboxylic acids is 1. The van der Waals surface area contributed by atoms with Gasteiger partial charge in [-0.05, 0) is 57.4 Å². The topological polar surface area (TPSA) is 93.3 Å². The molecule has 0 spiro atoms.